The molecule has 0 bridgehead atoms. The predicted octanol–water partition coefficient (Wildman–Crippen LogP) is 18.2. The standard InChI is InChI=1S/C64H36/c1-3-15-38(16-4-1)58-56-36-54-47-22-10-9-21-46(47)49-24-12-26-52(60(49)54)62(56)59(39-17-5-2-6-18-39)63-53-27-13-25-51-57-42(35-55(61(51)53)64(58)63)30-32-48-45-31-28-40(34-41(45)29-33-50(48)57)44-23-11-19-37-14-7-8-20-43(37)44/h1-36H. The Labute approximate surface area is 368 Å². The Morgan fingerprint density at radius 2 is 0.688 bits per heavy atom. The van der Waals surface area contributed by atoms with Crippen molar-refractivity contribution >= 4 is 118 Å². The molecule has 0 radical (unpaired) electrons. The van der Waals surface area contributed by atoms with Crippen LogP contribution in [0.4, 0.5) is 0 Å². The molecule has 0 fully saturated rings. The van der Waals surface area contributed by atoms with E-state index < -0.39 is 0 Å². The number of hydrogen-bond acceptors (Lipinski definition) is 0. The van der Waals surface area contributed by atoms with Crippen molar-refractivity contribution in [2.24, 2.45) is 0 Å². The van der Waals surface area contributed by atoms with Crippen LogP contribution in [0.1, 0.15) is 0 Å². The van der Waals surface area contributed by atoms with Crippen LogP contribution in [-0.2, 0) is 0 Å². The van der Waals surface area contributed by atoms with Crippen molar-refractivity contribution < 1.29 is 0 Å². The average Bonchev–Trinajstić information content (AvgIpc) is 3.86. The molecule has 0 heteroatoms. The number of fused-ring (bicyclic) bond motifs is 15. The molecule has 292 valence electrons. The van der Waals surface area contributed by atoms with E-state index in [1.807, 2.05) is 0 Å². The summed E-state index contributed by atoms with van der Waals surface area (Å²) in [6.45, 7) is 0. The molecule has 0 saturated heterocycles. The first-order valence-electron chi connectivity index (χ1n) is 22.4. The highest BCUT2D eigenvalue weighted by atomic mass is 14.3. The summed E-state index contributed by atoms with van der Waals surface area (Å²) in [6, 6.07) is 82.3. The van der Waals surface area contributed by atoms with Crippen LogP contribution in [0.25, 0.3) is 152 Å². The summed E-state index contributed by atoms with van der Waals surface area (Å²) in [7, 11) is 0. The van der Waals surface area contributed by atoms with Gasteiger partial charge in [-0.25, -0.2) is 0 Å². The molecule has 0 atom stereocenters. The first kappa shape index (κ1) is 34.3. The molecule has 0 unspecified atom stereocenters. The van der Waals surface area contributed by atoms with E-state index in [1.54, 1.807) is 0 Å². The lowest BCUT2D eigenvalue weighted by Crippen LogP contribution is -1.91. The van der Waals surface area contributed by atoms with Gasteiger partial charge in [-0.1, -0.05) is 200 Å². The summed E-state index contributed by atoms with van der Waals surface area (Å²) >= 11 is 0. The van der Waals surface area contributed by atoms with Gasteiger partial charge in [0.25, 0.3) is 0 Å². The molecule has 0 aliphatic carbocycles. The zero-order valence-electron chi connectivity index (χ0n) is 34.8. The van der Waals surface area contributed by atoms with Crippen LogP contribution in [0, 0.1) is 0 Å². The monoisotopic (exact) mass is 804 g/mol. The van der Waals surface area contributed by atoms with Crippen molar-refractivity contribution in [3.05, 3.63) is 218 Å². The lowest BCUT2D eigenvalue weighted by Gasteiger charge is -2.19. The summed E-state index contributed by atoms with van der Waals surface area (Å²) in [6.07, 6.45) is 0. The third-order valence-corrected chi connectivity index (χ3v) is 14.7. The highest BCUT2D eigenvalue weighted by molar-refractivity contribution is 6.47. The summed E-state index contributed by atoms with van der Waals surface area (Å²) in [5.74, 6) is 0. The second-order valence-electron chi connectivity index (χ2n) is 17.8. The lowest BCUT2D eigenvalue weighted by molar-refractivity contribution is 1.68. The molecule has 15 aromatic carbocycles. The molecule has 0 amide bonds. The van der Waals surface area contributed by atoms with E-state index in [9.17, 15) is 0 Å². The first-order valence-corrected chi connectivity index (χ1v) is 22.4. The minimum absolute atomic E-state index is 1.24. The maximum absolute atomic E-state index is 2.54. The zero-order chi connectivity index (χ0) is 41.6. The Bertz CT molecular complexity index is 4440. The van der Waals surface area contributed by atoms with Crippen molar-refractivity contribution in [1.29, 1.82) is 0 Å². The fourth-order valence-corrected chi connectivity index (χ4v) is 12.1. The van der Waals surface area contributed by atoms with Gasteiger partial charge < -0.3 is 0 Å². The van der Waals surface area contributed by atoms with Gasteiger partial charge in [0.1, 0.15) is 0 Å². The van der Waals surface area contributed by atoms with Gasteiger partial charge in [0.15, 0.2) is 0 Å². The fourth-order valence-electron chi connectivity index (χ4n) is 12.1. The summed E-state index contributed by atoms with van der Waals surface area (Å²) < 4.78 is 0. The molecule has 15 rings (SSSR count). The first-order chi connectivity index (χ1) is 31.8. The second-order valence-corrected chi connectivity index (χ2v) is 17.8. The maximum atomic E-state index is 2.54. The average molecular weight is 805 g/mol. The highest BCUT2D eigenvalue weighted by Gasteiger charge is 2.27. The van der Waals surface area contributed by atoms with E-state index in [-0.39, 0.29) is 0 Å². The van der Waals surface area contributed by atoms with Gasteiger partial charge in [-0.3, -0.25) is 0 Å². The van der Waals surface area contributed by atoms with Crippen LogP contribution in [0.3, 0.4) is 0 Å². The van der Waals surface area contributed by atoms with Gasteiger partial charge in [0.05, 0.1) is 0 Å². The Morgan fingerprint density at radius 3 is 1.48 bits per heavy atom. The summed E-state index contributed by atoms with van der Waals surface area (Å²) in [5, 5.41) is 28.8. The molecule has 0 aliphatic rings. The van der Waals surface area contributed by atoms with Crippen LogP contribution in [0.5, 0.6) is 0 Å². The summed E-state index contributed by atoms with van der Waals surface area (Å²) in [5.41, 5.74) is 7.63. The van der Waals surface area contributed by atoms with Crippen molar-refractivity contribution in [3.8, 4) is 33.4 Å². The van der Waals surface area contributed by atoms with Crippen LogP contribution in [0.15, 0.2) is 218 Å². The van der Waals surface area contributed by atoms with Gasteiger partial charge >= 0.3 is 0 Å². The van der Waals surface area contributed by atoms with Crippen molar-refractivity contribution in [2.45, 2.75) is 0 Å². The zero-order valence-corrected chi connectivity index (χ0v) is 34.8. The fraction of sp³-hybridized carbons (Fsp3) is 0. The van der Waals surface area contributed by atoms with Crippen LogP contribution < -0.4 is 0 Å². The normalized spacial score (nSPS) is 12.4. The van der Waals surface area contributed by atoms with Gasteiger partial charge in [0, 0.05) is 0 Å². The SMILES string of the molecule is c1ccc(-c2c3cc4c5ccccc5c5cccc(c3c(-c3ccccc3)c3c6cccc7c8c(ccc9c%10ccc(-c%11cccc%12ccccc%11%12)cc%10ccc98)cc(c23)c67)c54)cc1. The lowest BCUT2D eigenvalue weighted by atomic mass is 9.84. The van der Waals surface area contributed by atoms with Crippen LogP contribution >= 0.6 is 0 Å². The molecular formula is C64H36. The molecule has 0 saturated carbocycles. The Morgan fingerprint density at radius 1 is 0.172 bits per heavy atom. The summed E-state index contributed by atoms with van der Waals surface area (Å²) in [4.78, 5) is 0. The number of benzene rings is 13. The maximum Gasteiger partial charge on any atom is -0.000718 e. The topological polar surface area (TPSA) is 0 Å². The largest absolute Gasteiger partial charge is 0.0622 e. The Balaban J connectivity index is 1.11. The molecule has 0 heterocycles. The number of rotatable bonds is 3. The van der Waals surface area contributed by atoms with Gasteiger partial charge in [-0.2, -0.15) is 0 Å². The van der Waals surface area contributed by atoms with E-state index in [0.29, 0.717) is 0 Å². The third kappa shape index (κ3) is 4.46. The molecule has 15 aromatic rings. The Kier molecular flexibility index (Phi) is 6.77. The van der Waals surface area contributed by atoms with Gasteiger partial charge in [-0.05, 0) is 170 Å². The third-order valence-electron chi connectivity index (χ3n) is 14.7. The van der Waals surface area contributed by atoms with Crippen LogP contribution in [0.2, 0.25) is 0 Å². The quantitative estimate of drug-likeness (QED) is 0.156. The molecule has 0 aromatic heterocycles. The second kappa shape index (κ2) is 12.6. The molecule has 0 aliphatic heterocycles. The smallest absolute Gasteiger partial charge is 0.000718 e. The minimum Gasteiger partial charge on any atom is -0.0622 e. The van der Waals surface area contributed by atoms with E-state index in [1.165, 1.54) is 152 Å². The highest BCUT2D eigenvalue weighted by Crippen LogP contribution is 2.55. The molecular weight excluding hydrogens is 769 g/mol. The molecule has 0 N–H and O–H groups in total. The van der Waals surface area contributed by atoms with E-state index in [2.05, 4.69) is 218 Å². The van der Waals surface area contributed by atoms with Crippen LogP contribution in [-0.4, -0.2) is 0 Å². The van der Waals surface area contributed by atoms with E-state index in [4.69, 9.17) is 0 Å². The van der Waals surface area contributed by atoms with Crippen molar-refractivity contribution in [3.63, 3.8) is 0 Å². The van der Waals surface area contributed by atoms with E-state index >= 15 is 0 Å². The minimum atomic E-state index is 1.24. The molecule has 0 nitrogen and oxygen atoms in total. The number of hydrogen-bond donors (Lipinski definition) is 0. The van der Waals surface area contributed by atoms with Crippen molar-refractivity contribution in [1.82, 2.24) is 0 Å². The predicted molar refractivity (Wildman–Crippen MR) is 278 cm³/mol. The van der Waals surface area contributed by atoms with Gasteiger partial charge in [-0.15, -0.1) is 0 Å². The van der Waals surface area contributed by atoms with Gasteiger partial charge in [0.2, 0.25) is 0 Å². The molecule has 64 heavy (non-hydrogen) atoms. The Hall–Kier alpha value is -8.32. The van der Waals surface area contributed by atoms with Crippen molar-refractivity contribution in [2.75, 3.05) is 0 Å². The molecule has 0 spiro atoms. The van der Waals surface area contributed by atoms with E-state index in [0.717, 1.165) is 0 Å².